The zero-order valence-corrected chi connectivity index (χ0v) is 25.2. The zero-order chi connectivity index (χ0) is 33.9. The number of aromatic hydroxyl groups is 8. The minimum atomic E-state index is -1.03. The van der Waals surface area contributed by atoms with Gasteiger partial charge in [0, 0.05) is 48.8 Å². The van der Waals surface area contributed by atoms with Crippen LogP contribution in [0.15, 0.2) is 101 Å². The monoisotopic (exact) mass is 648 g/mol. The van der Waals surface area contributed by atoms with Crippen LogP contribution in [0.25, 0.3) is 87.3 Å². The van der Waals surface area contributed by atoms with E-state index >= 15 is 0 Å². The molecule has 0 saturated heterocycles. The molecule has 9 aromatic rings. The van der Waals surface area contributed by atoms with Gasteiger partial charge in [-0.25, -0.2) is 0 Å². The molecular weight excluding hydrogens is 624 g/mol. The minimum Gasteiger partial charge on any atom is -0.504 e. The third kappa shape index (κ3) is 3.69. The summed E-state index contributed by atoms with van der Waals surface area (Å²) in [4.78, 5) is 0. The lowest BCUT2D eigenvalue weighted by atomic mass is 9.83. The lowest BCUT2D eigenvalue weighted by molar-refractivity contribution is 0.350. The summed E-state index contributed by atoms with van der Waals surface area (Å²) >= 11 is 0. The Hall–Kier alpha value is -7.00. The van der Waals surface area contributed by atoms with Gasteiger partial charge >= 0.3 is 0 Å². The molecule has 0 spiro atoms. The fraction of sp³-hybridized carbons (Fsp3) is 0. The van der Waals surface area contributed by atoms with Gasteiger partial charge in [0.2, 0.25) is 23.0 Å². The molecule has 0 fully saturated rings. The summed E-state index contributed by atoms with van der Waals surface area (Å²) in [6.07, 6.45) is 0. The van der Waals surface area contributed by atoms with Crippen molar-refractivity contribution in [3.05, 3.63) is 97.1 Å². The molecule has 9 heteroatoms. The Balaban J connectivity index is 1.50. The fourth-order valence-electron chi connectivity index (χ4n) is 7.20. The highest BCUT2D eigenvalue weighted by molar-refractivity contribution is 6.29. The second kappa shape index (κ2) is 9.76. The van der Waals surface area contributed by atoms with Crippen molar-refractivity contribution in [3.63, 3.8) is 0 Å². The Morgan fingerprint density at radius 3 is 1.39 bits per heavy atom. The standard InChI is InChI=1S/C40H24O9/c41-32-28-26(20-10-9-17-5-1-2-7-19(17)15-20)29-31(35(44)39(48)37(46)33(29)42)27(30(28)34(43)38(47)36(32)45)21-12-13-23-24-14-11-18-6-3-4-8-22(18)40(24)49-25(23)16-21/h1-16,41-48H. The topological polar surface area (TPSA) is 175 Å². The predicted molar refractivity (Wildman–Crippen MR) is 188 cm³/mol. The third-order valence-electron chi connectivity index (χ3n) is 9.48. The first-order chi connectivity index (χ1) is 23.7. The SMILES string of the molecule is Oc1c(O)c(O)c2c(-c3ccc4c(c3)oc3c5ccccc5ccc43)c3c(O)c(O)c(O)c(O)c3c(-c3ccc4ccccc4c3)c2c1O. The zero-order valence-electron chi connectivity index (χ0n) is 25.2. The summed E-state index contributed by atoms with van der Waals surface area (Å²) in [6.45, 7) is 0. The number of benzene rings is 8. The first-order valence-corrected chi connectivity index (χ1v) is 15.2. The summed E-state index contributed by atoms with van der Waals surface area (Å²) in [7, 11) is 0. The van der Waals surface area contributed by atoms with Crippen LogP contribution in [0.1, 0.15) is 0 Å². The van der Waals surface area contributed by atoms with E-state index < -0.39 is 46.0 Å². The van der Waals surface area contributed by atoms with Gasteiger partial charge in [0.25, 0.3) is 0 Å². The molecule has 0 amide bonds. The Bertz CT molecular complexity index is 2840. The van der Waals surface area contributed by atoms with Crippen molar-refractivity contribution >= 4 is 65.0 Å². The molecule has 0 aliphatic carbocycles. The summed E-state index contributed by atoms with van der Waals surface area (Å²) in [5.41, 5.74) is 1.62. The predicted octanol–water partition coefficient (Wildman–Crippen LogP) is 9.18. The molecule has 9 nitrogen and oxygen atoms in total. The molecule has 0 atom stereocenters. The molecule has 8 aromatic carbocycles. The first-order valence-electron chi connectivity index (χ1n) is 15.2. The van der Waals surface area contributed by atoms with Crippen LogP contribution in [-0.2, 0) is 0 Å². The highest BCUT2D eigenvalue weighted by atomic mass is 16.4. The largest absolute Gasteiger partial charge is 0.504 e. The molecule has 0 saturated carbocycles. The van der Waals surface area contributed by atoms with E-state index in [9.17, 15) is 40.9 Å². The average molecular weight is 649 g/mol. The molecule has 49 heavy (non-hydrogen) atoms. The maximum atomic E-state index is 11.5. The number of hydrogen-bond donors (Lipinski definition) is 8. The fourth-order valence-corrected chi connectivity index (χ4v) is 7.20. The second-order valence-corrected chi connectivity index (χ2v) is 12.1. The Kier molecular flexibility index (Phi) is 5.62. The first kappa shape index (κ1) is 28.2. The van der Waals surface area contributed by atoms with Crippen LogP contribution in [-0.4, -0.2) is 40.9 Å². The number of phenols is 8. The Morgan fingerprint density at radius 1 is 0.347 bits per heavy atom. The Morgan fingerprint density at radius 2 is 0.796 bits per heavy atom. The third-order valence-corrected chi connectivity index (χ3v) is 9.48. The van der Waals surface area contributed by atoms with Crippen LogP contribution in [0.4, 0.5) is 0 Å². The van der Waals surface area contributed by atoms with Crippen molar-refractivity contribution in [2.45, 2.75) is 0 Å². The van der Waals surface area contributed by atoms with E-state index in [0.29, 0.717) is 16.7 Å². The minimum absolute atomic E-state index is 0.0120. The number of hydrogen-bond acceptors (Lipinski definition) is 9. The number of rotatable bonds is 2. The van der Waals surface area contributed by atoms with Gasteiger partial charge in [0.1, 0.15) is 11.2 Å². The maximum absolute atomic E-state index is 11.5. The average Bonchev–Trinajstić information content (AvgIpc) is 3.51. The molecule has 1 heterocycles. The summed E-state index contributed by atoms with van der Waals surface area (Å²) < 4.78 is 6.38. The molecular formula is C40H24O9. The second-order valence-electron chi connectivity index (χ2n) is 12.1. The van der Waals surface area contributed by atoms with Gasteiger partial charge in [-0.05, 0) is 51.6 Å². The van der Waals surface area contributed by atoms with Crippen LogP contribution in [0, 0.1) is 0 Å². The molecule has 0 unspecified atom stereocenters. The summed E-state index contributed by atoms with van der Waals surface area (Å²) in [6, 6.07) is 29.3. The van der Waals surface area contributed by atoms with Gasteiger partial charge in [-0.1, -0.05) is 72.8 Å². The van der Waals surface area contributed by atoms with Crippen LogP contribution in [0.3, 0.4) is 0 Å². The van der Waals surface area contributed by atoms with Crippen molar-refractivity contribution < 1.29 is 45.3 Å². The highest BCUT2D eigenvalue weighted by Crippen LogP contribution is 2.62. The van der Waals surface area contributed by atoms with E-state index in [1.165, 1.54) is 0 Å². The molecule has 0 aliphatic heterocycles. The van der Waals surface area contributed by atoms with E-state index in [1.807, 2.05) is 60.7 Å². The van der Waals surface area contributed by atoms with Gasteiger partial charge < -0.3 is 45.3 Å². The van der Waals surface area contributed by atoms with Crippen LogP contribution < -0.4 is 0 Å². The number of furan rings is 1. The van der Waals surface area contributed by atoms with Crippen LogP contribution in [0.2, 0.25) is 0 Å². The number of phenolic OH excluding ortho intramolecular Hbond substituents is 8. The summed E-state index contributed by atoms with van der Waals surface area (Å²) in [5, 5.41) is 93.6. The van der Waals surface area contributed by atoms with Crippen molar-refractivity contribution in [1.29, 1.82) is 0 Å². The molecule has 0 radical (unpaired) electrons. The van der Waals surface area contributed by atoms with E-state index in [0.717, 1.165) is 32.3 Å². The lowest BCUT2D eigenvalue weighted by Gasteiger charge is -2.22. The van der Waals surface area contributed by atoms with Crippen LogP contribution in [0.5, 0.6) is 46.0 Å². The molecule has 0 bridgehead atoms. The van der Waals surface area contributed by atoms with Gasteiger partial charge in [-0.15, -0.1) is 0 Å². The number of fused-ring (bicyclic) bond motifs is 8. The molecule has 0 aliphatic rings. The molecule has 9 rings (SSSR count). The lowest BCUT2D eigenvalue weighted by Crippen LogP contribution is -1.94. The molecule has 238 valence electrons. The van der Waals surface area contributed by atoms with Crippen molar-refractivity contribution in [2.75, 3.05) is 0 Å². The van der Waals surface area contributed by atoms with Crippen molar-refractivity contribution in [3.8, 4) is 68.2 Å². The van der Waals surface area contributed by atoms with Gasteiger partial charge in [0.15, 0.2) is 23.0 Å². The smallest absolute Gasteiger partial charge is 0.204 e. The van der Waals surface area contributed by atoms with Crippen LogP contribution >= 0.6 is 0 Å². The van der Waals surface area contributed by atoms with E-state index in [4.69, 9.17) is 4.42 Å². The van der Waals surface area contributed by atoms with Crippen molar-refractivity contribution in [2.24, 2.45) is 0 Å². The van der Waals surface area contributed by atoms with Gasteiger partial charge in [-0.2, -0.15) is 0 Å². The quantitative estimate of drug-likeness (QED) is 0.0516. The Labute approximate surface area is 275 Å². The summed E-state index contributed by atoms with van der Waals surface area (Å²) in [5.74, 6) is -7.46. The normalized spacial score (nSPS) is 11.9. The maximum Gasteiger partial charge on any atom is 0.204 e. The van der Waals surface area contributed by atoms with E-state index in [-0.39, 0.29) is 38.2 Å². The van der Waals surface area contributed by atoms with Crippen molar-refractivity contribution in [1.82, 2.24) is 0 Å². The van der Waals surface area contributed by atoms with E-state index in [1.54, 1.807) is 36.4 Å². The highest BCUT2D eigenvalue weighted by Gasteiger charge is 2.32. The van der Waals surface area contributed by atoms with Gasteiger partial charge in [0.05, 0.1) is 0 Å². The van der Waals surface area contributed by atoms with Gasteiger partial charge in [-0.3, -0.25) is 0 Å². The van der Waals surface area contributed by atoms with E-state index in [2.05, 4.69) is 0 Å². The molecule has 8 N–H and O–H groups in total. The molecule has 1 aromatic heterocycles.